The zero-order valence-electron chi connectivity index (χ0n) is 14.4. The van der Waals surface area contributed by atoms with Gasteiger partial charge in [-0.3, -0.25) is 0 Å². The van der Waals surface area contributed by atoms with Gasteiger partial charge >= 0.3 is 0 Å². The summed E-state index contributed by atoms with van der Waals surface area (Å²) in [6.45, 7) is 8.89. The molecule has 2 N–H and O–H groups in total. The Kier molecular flexibility index (Phi) is 4.13. The van der Waals surface area contributed by atoms with Crippen LogP contribution in [0.15, 0.2) is 0 Å². The molecule has 0 amide bonds. The van der Waals surface area contributed by atoms with Crippen molar-refractivity contribution < 1.29 is 4.74 Å². The second-order valence-corrected chi connectivity index (χ2v) is 8.45. The second kappa shape index (κ2) is 5.50. The molecule has 3 atom stereocenters. The van der Waals surface area contributed by atoms with Crippen molar-refractivity contribution in [2.24, 2.45) is 23.0 Å². The van der Waals surface area contributed by atoms with Crippen LogP contribution in [0.2, 0.25) is 0 Å². The minimum atomic E-state index is -0.0650. The van der Waals surface area contributed by atoms with Gasteiger partial charge < -0.3 is 15.4 Å². The highest BCUT2D eigenvalue weighted by atomic mass is 16.5. The van der Waals surface area contributed by atoms with E-state index in [1.807, 2.05) is 0 Å². The standard InChI is InChI=1S/C18H34N2O/c1-5-13-6-8-14(9-7-13)20(4)12-18(19)15-10-11-21-16(15)17(18,2)3/h13-16H,5-12,19H2,1-4H3. The van der Waals surface area contributed by atoms with Crippen molar-refractivity contribution >= 4 is 0 Å². The molecular weight excluding hydrogens is 260 g/mol. The van der Waals surface area contributed by atoms with Crippen LogP contribution in [0.1, 0.15) is 59.3 Å². The van der Waals surface area contributed by atoms with Crippen molar-refractivity contribution in [1.29, 1.82) is 0 Å². The Bertz CT molecular complexity index is 375. The first kappa shape index (κ1) is 15.8. The van der Waals surface area contributed by atoms with E-state index in [0.717, 1.165) is 31.5 Å². The lowest BCUT2D eigenvalue weighted by atomic mass is 9.48. The van der Waals surface area contributed by atoms with E-state index in [1.165, 1.54) is 32.1 Å². The summed E-state index contributed by atoms with van der Waals surface area (Å²) in [6.07, 6.45) is 8.42. The fourth-order valence-electron chi connectivity index (χ4n) is 5.33. The summed E-state index contributed by atoms with van der Waals surface area (Å²) in [5, 5.41) is 0. The molecule has 3 rings (SSSR count). The molecule has 1 aliphatic heterocycles. The molecule has 0 bridgehead atoms. The number of nitrogens with two attached hydrogens (primary N) is 1. The third kappa shape index (κ3) is 2.36. The number of nitrogens with zero attached hydrogens (tertiary/aromatic N) is 1. The van der Waals surface area contributed by atoms with E-state index in [0.29, 0.717) is 12.0 Å². The summed E-state index contributed by atoms with van der Waals surface area (Å²) in [4.78, 5) is 2.57. The van der Waals surface area contributed by atoms with Gasteiger partial charge in [0, 0.05) is 36.1 Å². The topological polar surface area (TPSA) is 38.5 Å². The zero-order valence-corrected chi connectivity index (χ0v) is 14.4. The molecule has 0 radical (unpaired) electrons. The fraction of sp³-hybridized carbons (Fsp3) is 1.00. The Morgan fingerprint density at radius 1 is 1.14 bits per heavy atom. The maximum atomic E-state index is 6.91. The van der Waals surface area contributed by atoms with Crippen LogP contribution in [-0.4, -0.2) is 42.8 Å². The van der Waals surface area contributed by atoms with Crippen molar-refractivity contribution in [1.82, 2.24) is 4.90 Å². The van der Waals surface area contributed by atoms with Crippen molar-refractivity contribution in [3.63, 3.8) is 0 Å². The Morgan fingerprint density at radius 3 is 2.43 bits per heavy atom. The lowest BCUT2D eigenvalue weighted by Gasteiger charge is -2.63. The van der Waals surface area contributed by atoms with Crippen LogP contribution in [0, 0.1) is 17.3 Å². The first-order chi connectivity index (χ1) is 9.90. The van der Waals surface area contributed by atoms with E-state index >= 15 is 0 Å². The maximum absolute atomic E-state index is 6.91. The van der Waals surface area contributed by atoms with E-state index in [1.54, 1.807) is 0 Å². The van der Waals surface area contributed by atoms with Gasteiger partial charge in [0.1, 0.15) is 0 Å². The smallest absolute Gasteiger partial charge is 0.0691 e. The maximum Gasteiger partial charge on any atom is 0.0691 e. The molecule has 3 fully saturated rings. The zero-order chi connectivity index (χ0) is 15.3. The van der Waals surface area contributed by atoms with Crippen LogP contribution in [0.25, 0.3) is 0 Å². The second-order valence-electron chi connectivity index (χ2n) is 8.45. The van der Waals surface area contributed by atoms with E-state index in [-0.39, 0.29) is 11.0 Å². The quantitative estimate of drug-likeness (QED) is 0.866. The number of fused-ring (bicyclic) bond motifs is 1. The Hall–Kier alpha value is -0.120. The average molecular weight is 294 g/mol. The minimum absolute atomic E-state index is 0.0650. The summed E-state index contributed by atoms with van der Waals surface area (Å²) in [7, 11) is 2.30. The first-order valence-electron chi connectivity index (χ1n) is 9.01. The van der Waals surface area contributed by atoms with Crippen LogP contribution in [0.3, 0.4) is 0 Å². The third-order valence-electron chi connectivity index (χ3n) is 7.19. The van der Waals surface area contributed by atoms with E-state index in [4.69, 9.17) is 10.5 Å². The van der Waals surface area contributed by atoms with Crippen molar-refractivity contribution in [3.8, 4) is 0 Å². The number of ether oxygens (including phenoxy) is 1. The van der Waals surface area contributed by atoms with Crippen molar-refractivity contribution in [3.05, 3.63) is 0 Å². The van der Waals surface area contributed by atoms with E-state index in [2.05, 4.69) is 32.7 Å². The molecule has 0 aromatic rings. The molecule has 3 unspecified atom stereocenters. The number of likely N-dealkylation sites (N-methyl/N-ethyl adjacent to an activating group) is 1. The first-order valence-corrected chi connectivity index (χ1v) is 9.01. The molecule has 3 nitrogen and oxygen atoms in total. The predicted molar refractivity (Wildman–Crippen MR) is 87.2 cm³/mol. The molecule has 21 heavy (non-hydrogen) atoms. The van der Waals surface area contributed by atoms with Gasteiger partial charge in [0.05, 0.1) is 6.10 Å². The van der Waals surface area contributed by atoms with Crippen LogP contribution >= 0.6 is 0 Å². The van der Waals surface area contributed by atoms with Gasteiger partial charge in [0.15, 0.2) is 0 Å². The SMILES string of the molecule is CCC1CCC(N(C)CC2(N)C3CCOC3C2(C)C)CC1. The monoisotopic (exact) mass is 294 g/mol. The minimum Gasteiger partial charge on any atom is -0.377 e. The summed E-state index contributed by atoms with van der Waals surface area (Å²) in [5.74, 6) is 1.54. The molecule has 122 valence electrons. The molecule has 2 aliphatic carbocycles. The molecule has 0 aromatic heterocycles. The fourth-order valence-corrected chi connectivity index (χ4v) is 5.33. The van der Waals surface area contributed by atoms with Crippen LogP contribution in [0.4, 0.5) is 0 Å². The highest BCUT2D eigenvalue weighted by molar-refractivity contribution is 5.21. The molecule has 2 saturated carbocycles. The highest BCUT2D eigenvalue weighted by Gasteiger charge is 2.67. The molecule has 1 heterocycles. The van der Waals surface area contributed by atoms with Crippen LogP contribution < -0.4 is 5.73 Å². The Balaban J connectivity index is 1.61. The molecule has 0 aromatic carbocycles. The molecule has 0 spiro atoms. The molecular formula is C18H34N2O. The lowest BCUT2D eigenvalue weighted by Crippen LogP contribution is -2.78. The molecule has 3 aliphatic rings. The molecule has 1 saturated heterocycles. The summed E-state index contributed by atoms with van der Waals surface area (Å²) < 4.78 is 5.92. The Labute approximate surface area is 130 Å². The highest BCUT2D eigenvalue weighted by Crippen LogP contribution is 2.58. The largest absolute Gasteiger partial charge is 0.377 e. The lowest BCUT2D eigenvalue weighted by molar-refractivity contribution is -0.164. The van der Waals surface area contributed by atoms with Gasteiger partial charge in [-0.2, -0.15) is 0 Å². The van der Waals surface area contributed by atoms with Crippen LogP contribution in [-0.2, 0) is 4.74 Å². The van der Waals surface area contributed by atoms with Gasteiger partial charge in [-0.05, 0) is 45.1 Å². The number of hydrogen-bond donors (Lipinski definition) is 1. The summed E-state index contributed by atoms with van der Waals surface area (Å²) >= 11 is 0. The average Bonchev–Trinajstić information content (AvgIpc) is 2.96. The Morgan fingerprint density at radius 2 is 1.81 bits per heavy atom. The van der Waals surface area contributed by atoms with Gasteiger partial charge in [0.2, 0.25) is 0 Å². The van der Waals surface area contributed by atoms with E-state index in [9.17, 15) is 0 Å². The van der Waals surface area contributed by atoms with Gasteiger partial charge in [-0.15, -0.1) is 0 Å². The molecule has 3 heteroatoms. The number of hydrogen-bond acceptors (Lipinski definition) is 3. The summed E-state index contributed by atoms with van der Waals surface area (Å²) in [6, 6.07) is 0.741. The predicted octanol–water partition coefficient (Wildman–Crippen LogP) is 3.03. The summed E-state index contributed by atoms with van der Waals surface area (Å²) in [5.41, 5.74) is 6.95. The van der Waals surface area contributed by atoms with Gasteiger partial charge in [-0.25, -0.2) is 0 Å². The van der Waals surface area contributed by atoms with Crippen molar-refractivity contribution in [2.45, 2.75) is 77.0 Å². The van der Waals surface area contributed by atoms with Gasteiger partial charge in [0.25, 0.3) is 0 Å². The van der Waals surface area contributed by atoms with Crippen LogP contribution in [0.5, 0.6) is 0 Å². The van der Waals surface area contributed by atoms with E-state index < -0.39 is 0 Å². The number of rotatable bonds is 4. The normalized spacial score (nSPS) is 45.4. The third-order valence-corrected chi connectivity index (χ3v) is 7.19. The van der Waals surface area contributed by atoms with Gasteiger partial charge in [-0.1, -0.05) is 27.2 Å². The van der Waals surface area contributed by atoms with Crippen molar-refractivity contribution in [2.75, 3.05) is 20.2 Å².